The monoisotopic (exact) mass is 547 g/mol. The summed E-state index contributed by atoms with van der Waals surface area (Å²) in [6.07, 6.45) is 1.44. The molecule has 7 nitrogen and oxygen atoms in total. The Morgan fingerprint density at radius 3 is 2.55 bits per heavy atom. The van der Waals surface area contributed by atoms with Gasteiger partial charge < -0.3 is 20.1 Å². The van der Waals surface area contributed by atoms with Crippen LogP contribution in [0.3, 0.4) is 0 Å². The molecule has 3 aromatic carbocycles. The van der Waals surface area contributed by atoms with Crippen molar-refractivity contribution in [1.29, 1.82) is 0 Å². The molecule has 194 valence electrons. The number of carbonyl (C=O) groups excluding carboxylic acids is 2. The predicted molar refractivity (Wildman–Crippen MR) is 147 cm³/mol. The largest absolute Gasteiger partial charge is 0.416 e. The van der Waals surface area contributed by atoms with E-state index in [1.807, 2.05) is 24.3 Å². The van der Waals surface area contributed by atoms with E-state index in [0.29, 0.717) is 30.1 Å². The van der Waals surface area contributed by atoms with E-state index >= 15 is 0 Å². The van der Waals surface area contributed by atoms with Crippen molar-refractivity contribution in [3.8, 4) is 0 Å². The molecule has 3 heterocycles. The zero-order valence-corrected chi connectivity index (χ0v) is 22.2. The molecule has 2 aliphatic rings. The van der Waals surface area contributed by atoms with Crippen LogP contribution < -0.4 is 10.6 Å². The third-order valence-electron chi connectivity index (χ3n) is 6.84. The Hall–Kier alpha value is -3.46. The first-order valence-corrected chi connectivity index (χ1v) is 13.8. The first-order valence-electron chi connectivity index (χ1n) is 12.6. The molecule has 0 atom stereocenters. The quantitative estimate of drug-likeness (QED) is 0.326. The molecule has 1 saturated heterocycles. The fraction of sp³-hybridized carbons (Fsp3) is 0.276. The molecular formula is C29H26ClN3O4S. The highest BCUT2D eigenvalue weighted by atomic mass is 35.5. The predicted octanol–water partition coefficient (Wildman–Crippen LogP) is 5.33. The van der Waals surface area contributed by atoms with Crippen LogP contribution in [0.15, 0.2) is 60.7 Å². The van der Waals surface area contributed by atoms with E-state index in [1.165, 1.54) is 5.56 Å². The number of fused-ring (bicyclic) bond motifs is 3. The number of esters is 2. The van der Waals surface area contributed by atoms with Crippen molar-refractivity contribution >= 4 is 50.8 Å². The molecule has 38 heavy (non-hydrogen) atoms. The van der Waals surface area contributed by atoms with Crippen molar-refractivity contribution in [2.24, 2.45) is 0 Å². The molecule has 9 heteroatoms. The first-order chi connectivity index (χ1) is 18.5. The molecule has 4 aromatic rings. The van der Waals surface area contributed by atoms with Crippen LogP contribution in [0.5, 0.6) is 0 Å². The van der Waals surface area contributed by atoms with Gasteiger partial charge in [-0.25, -0.2) is 4.98 Å². The van der Waals surface area contributed by atoms with Crippen molar-refractivity contribution in [1.82, 2.24) is 10.3 Å². The van der Waals surface area contributed by atoms with Gasteiger partial charge in [0.2, 0.25) is 0 Å². The molecule has 6 rings (SSSR count). The van der Waals surface area contributed by atoms with Gasteiger partial charge in [0.15, 0.2) is 0 Å². The summed E-state index contributed by atoms with van der Waals surface area (Å²) in [5, 5.41) is 8.39. The number of nitrogens with one attached hydrogen (secondary N) is 2. The zero-order chi connectivity index (χ0) is 26.1. The topological polar surface area (TPSA) is 89.6 Å². The average Bonchev–Trinajstić information content (AvgIpc) is 3.13. The van der Waals surface area contributed by atoms with E-state index in [4.69, 9.17) is 26.1 Å². The molecule has 1 aromatic heterocycles. The standard InChI is InChI=1S/C29H26ClN3O4S/c30-22-8-7-21-20(12-13-31-17-29(21)36-26(34)10-11-27(35)37-29)28(22)32-16-19-6-9-23-24(14-19)38-25(33-23)15-18-4-2-1-3-5-18/h1-9,14,31-32H,10-13,15-17H2. The number of carbonyl (C=O) groups is 2. The second-order valence-corrected chi connectivity index (χ2v) is 11.0. The first kappa shape index (κ1) is 24.9. The maximum Gasteiger partial charge on any atom is 0.309 e. The number of ether oxygens (including phenoxy) is 2. The second kappa shape index (κ2) is 10.4. The number of benzene rings is 3. The van der Waals surface area contributed by atoms with Crippen molar-refractivity contribution < 1.29 is 19.1 Å². The third kappa shape index (κ3) is 4.99. The molecular weight excluding hydrogens is 522 g/mol. The lowest BCUT2D eigenvalue weighted by Crippen LogP contribution is -2.43. The average molecular weight is 548 g/mol. The SMILES string of the molecule is O=C1CCC(=O)OC2(CNCCc3c2ccc(Cl)c3NCc2ccc3nc(Cc4ccccc4)sc3c2)O1. The lowest BCUT2D eigenvalue weighted by molar-refractivity contribution is -0.225. The van der Waals surface area contributed by atoms with Crippen molar-refractivity contribution in [3.63, 3.8) is 0 Å². The molecule has 2 N–H and O–H groups in total. The molecule has 1 spiro atoms. The highest BCUT2D eigenvalue weighted by Crippen LogP contribution is 2.40. The van der Waals surface area contributed by atoms with Crippen LogP contribution in [0.2, 0.25) is 5.02 Å². The normalized spacial score (nSPS) is 16.9. The number of rotatable bonds is 5. The van der Waals surface area contributed by atoms with E-state index < -0.39 is 17.7 Å². The fourth-order valence-electron chi connectivity index (χ4n) is 5.03. The summed E-state index contributed by atoms with van der Waals surface area (Å²) in [5.41, 5.74) is 5.58. The van der Waals surface area contributed by atoms with Gasteiger partial charge >= 0.3 is 11.9 Å². The Balaban J connectivity index is 1.27. The van der Waals surface area contributed by atoms with Gasteiger partial charge in [-0.15, -0.1) is 11.3 Å². The van der Waals surface area contributed by atoms with Crippen LogP contribution in [0.1, 0.15) is 40.1 Å². The summed E-state index contributed by atoms with van der Waals surface area (Å²) in [4.78, 5) is 29.5. The van der Waals surface area contributed by atoms with E-state index in [0.717, 1.165) is 38.5 Å². The zero-order valence-electron chi connectivity index (χ0n) is 20.6. The smallest absolute Gasteiger partial charge is 0.309 e. The van der Waals surface area contributed by atoms with Crippen LogP contribution >= 0.6 is 22.9 Å². The Kier molecular flexibility index (Phi) is 6.78. The number of nitrogens with zero attached hydrogens (tertiary/aromatic N) is 1. The maximum atomic E-state index is 12.4. The minimum atomic E-state index is -1.51. The lowest BCUT2D eigenvalue weighted by Gasteiger charge is -2.32. The van der Waals surface area contributed by atoms with Crippen molar-refractivity contribution in [2.45, 2.75) is 38.0 Å². The Labute approximate surface area is 229 Å². The number of thiazole rings is 1. The molecule has 0 unspecified atom stereocenters. The number of hydrogen-bond donors (Lipinski definition) is 2. The highest BCUT2D eigenvalue weighted by molar-refractivity contribution is 7.18. The molecule has 0 aliphatic carbocycles. The Morgan fingerprint density at radius 2 is 1.76 bits per heavy atom. The van der Waals surface area contributed by atoms with Gasteiger partial charge in [0.05, 0.1) is 45.3 Å². The molecule has 0 amide bonds. The van der Waals surface area contributed by atoms with Crippen LogP contribution in [-0.2, 0) is 44.2 Å². The van der Waals surface area contributed by atoms with E-state index in [1.54, 1.807) is 23.5 Å². The lowest BCUT2D eigenvalue weighted by atomic mass is 9.96. The third-order valence-corrected chi connectivity index (χ3v) is 8.17. The van der Waals surface area contributed by atoms with Crippen LogP contribution in [0, 0.1) is 0 Å². The van der Waals surface area contributed by atoms with Crippen LogP contribution in [0.25, 0.3) is 10.2 Å². The fourth-order valence-corrected chi connectivity index (χ4v) is 6.34. The number of hydrogen-bond acceptors (Lipinski definition) is 8. The van der Waals surface area contributed by atoms with E-state index in [9.17, 15) is 9.59 Å². The van der Waals surface area contributed by atoms with Gasteiger partial charge in [-0.1, -0.05) is 48.0 Å². The van der Waals surface area contributed by atoms with Gasteiger partial charge in [-0.2, -0.15) is 0 Å². The van der Waals surface area contributed by atoms with Gasteiger partial charge in [-0.05, 0) is 53.9 Å². The molecule has 2 aliphatic heterocycles. The molecule has 0 radical (unpaired) electrons. The summed E-state index contributed by atoms with van der Waals surface area (Å²) < 4.78 is 12.6. The summed E-state index contributed by atoms with van der Waals surface area (Å²) >= 11 is 8.37. The van der Waals surface area contributed by atoms with Gasteiger partial charge in [0, 0.05) is 18.5 Å². The Bertz CT molecular complexity index is 1500. The maximum absolute atomic E-state index is 12.4. The minimum Gasteiger partial charge on any atom is -0.416 e. The van der Waals surface area contributed by atoms with Gasteiger partial charge in [0.25, 0.3) is 5.79 Å². The van der Waals surface area contributed by atoms with Crippen LogP contribution in [0.4, 0.5) is 5.69 Å². The van der Waals surface area contributed by atoms with Crippen LogP contribution in [-0.4, -0.2) is 30.0 Å². The summed E-state index contributed by atoms with van der Waals surface area (Å²) in [5.74, 6) is -2.42. The van der Waals surface area contributed by atoms with Crippen molar-refractivity contribution in [2.75, 3.05) is 18.4 Å². The number of aromatic nitrogens is 1. The molecule has 0 saturated carbocycles. The number of anilines is 1. The van der Waals surface area contributed by atoms with E-state index in [-0.39, 0.29) is 19.4 Å². The van der Waals surface area contributed by atoms with Gasteiger partial charge in [0.1, 0.15) is 0 Å². The Morgan fingerprint density at radius 1 is 0.974 bits per heavy atom. The summed E-state index contributed by atoms with van der Waals surface area (Å²) in [6, 6.07) is 20.2. The highest BCUT2D eigenvalue weighted by Gasteiger charge is 2.46. The van der Waals surface area contributed by atoms with Gasteiger partial charge in [-0.3, -0.25) is 9.59 Å². The molecule has 0 bridgehead atoms. The summed E-state index contributed by atoms with van der Waals surface area (Å²) in [6.45, 7) is 1.35. The molecule has 1 fully saturated rings. The second-order valence-electron chi connectivity index (χ2n) is 9.50. The summed E-state index contributed by atoms with van der Waals surface area (Å²) in [7, 11) is 0. The number of halogens is 1. The van der Waals surface area contributed by atoms with Crippen molar-refractivity contribution in [3.05, 3.63) is 92.9 Å². The van der Waals surface area contributed by atoms with E-state index in [2.05, 4.69) is 34.9 Å². The minimum absolute atomic E-state index is 0.00172.